The number of aliphatic carboxylic acids is 1. The molecule has 0 heterocycles. The average molecular weight is 285 g/mol. The molecule has 0 aromatic rings. The normalized spacial score (nSPS) is 10.4. The van der Waals surface area contributed by atoms with Gasteiger partial charge in [-0.05, 0) is 6.42 Å². The predicted molar refractivity (Wildman–Crippen MR) is 83.0 cm³/mol. The van der Waals surface area contributed by atoms with Crippen LogP contribution in [0.1, 0.15) is 71.1 Å². The van der Waals surface area contributed by atoms with E-state index in [9.17, 15) is 4.79 Å². The van der Waals surface area contributed by atoms with E-state index in [2.05, 4.69) is 6.92 Å². The number of nitrogens with one attached hydrogen (secondary N) is 1. The maximum Gasteiger partial charge on any atom is 0.323 e. The molecule has 118 valence electrons. The Kier molecular flexibility index (Phi) is 12.0. The molecule has 0 aromatic carbocycles. The minimum atomic E-state index is -0.938. The minimum Gasteiger partial charge on any atom is -0.480 e. The van der Waals surface area contributed by atoms with E-state index in [0.29, 0.717) is 6.54 Å². The number of hydrogen-bond donors (Lipinski definition) is 3. The van der Waals surface area contributed by atoms with Gasteiger partial charge in [-0.1, -0.05) is 64.7 Å². The van der Waals surface area contributed by atoms with E-state index in [1.165, 1.54) is 56.3 Å². The zero-order valence-corrected chi connectivity index (χ0v) is 12.9. The van der Waals surface area contributed by atoms with Crippen molar-refractivity contribution in [3.8, 4) is 0 Å². The summed E-state index contributed by atoms with van der Waals surface area (Å²) < 4.78 is 0. The first kappa shape index (κ1) is 18.7. The molecule has 0 radical (unpaired) electrons. The van der Waals surface area contributed by atoms with Gasteiger partial charge >= 0.3 is 5.97 Å². The Morgan fingerprint density at radius 3 is 1.85 bits per heavy atom. The summed E-state index contributed by atoms with van der Waals surface area (Å²) in [5, 5.41) is 16.0. The van der Waals surface area contributed by atoms with E-state index >= 15 is 0 Å². The van der Waals surface area contributed by atoms with Gasteiger partial charge in [0.15, 0.2) is 5.96 Å². The number of carbonyl (C=O) groups is 1. The molecule has 0 rings (SSSR count). The Balaban J connectivity index is 3.41. The second kappa shape index (κ2) is 12.8. The van der Waals surface area contributed by atoms with Crippen LogP contribution in [0.25, 0.3) is 0 Å². The van der Waals surface area contributed by atoms with Gasteiger partial charge in [-0.2, -0.15) is 0 Å². The number of guanidine groups is 1. The van der Waals surface area contributed by atoms with Crippen LogP contribution in [-0.2, 0) is 4.79 Å². The number of carboxylic acid groups (broad SMARTS) is 1. The zero-order chi connectivity index (χ0) is 15.2. The molecule has 0 saturated carbocycles. The van der Waals surface area contributed by atoms with Crippen LogP contribution in [0.3, 0.4) is 0 Å². The number of nitrogens with zero attached hydrogens (tertiary/aromatic N) is 1. The van der Waals surface area contributed by atoms with Crippen molar-refractivity contribution in [2.45, 2.75) is 71.1 Å². The molecule has 5 nitrogen and oxygen atoms in total. The van der Waals surface area contributed by atoms with Crippen molar-refractivity contribution in [1.29, 1.82) is 5.41 Å². The van der Waals surface area contributed by atoms with Crippen LogP contribution < -0.4 is 5.73 Å². The third-order valence-corrected chi connectivity index (χ3v) is 3.45. The summed E-state index contributed by atoms with van der Waals surface area (Å²) in [7, 11) is 0. The van der Waals surface area contributed by atoms with Crippen LogP contribution in [0.5, 0.6) is 0 Å². The summed E-state index contributed by atoms with van der Waals surface area (Å²) in [6, 6.07) is 0. The Labute approximate surface area is 123 Å². The van der Waals surface area contributed by atoms with E-state index in [4.69, 9.17) is 16.2 Å². The predicted octanol–water partition coefficient (Wildman–Crippen LogP) is 3.19. The fourth-order valence-electron chi connectivity index (χ4n) is 2.24. The van der Waals surface area contributed by atoms with Gasteiger partial charge in [-0.25, -0.2) is 0 Å². The van der Waals surface area contributed by atoms with Gasteiger partial charge < -0.3 is 15.7 Å². The van der Waals surface area contributed by atoms with Crippen molar-refractivity contribution >= 4 is 11.9 Å². The summed E-state index contributed by atoms with van der Waals surface area (Å²) in [4.78, 5) is 12.0. The fourth-order valence-corrected chi connectivity index (χ4v) is 2.24. The first-order valence-corrected chi connectivity index (χ1v) is 7.88. The van der Waals surface area contributed by atoms with Crippen molar-refractivity contribution in [1.82, 2.24) is 4.90 Å². The van der Waals surface area contributed by atoms with Crippen LogP contribution in [0, 0.1) is 5.41 Å². The molecule has 0 aromatic heterocycles. The van der Waals surface area contributed by atoms with Gasteiger partial charge in [-0.15, -0.1) is 0 Å². The maximum absolute atomic E-state index is 10.6. The van der Waals surface area contributed by atoms with E-state index in [0.717, 1.165) is 12.8 Å². The van der Waals surface area contributed by atoms with Crippen molar-refractivity contribution < 1.29 is 9.90 Å². The number of rotatable bonds is 13. The van der Waals surface area contributed by atoms with Crippen molar-refractivity contribution in [2.24, 2.45) is 5.73 Å². The number of nitrogens with two attached hydrogens (primary N) is 1. The molecule has 0 spiro atoms. The lowest BCUT2D eigenvalue weighted by Gasteiger charge is -2.20. The highest BCUT2D eigenvalue weighted by Crippen LogP contribution is 2.10. The quantitative estimate of drug-likeness (QED) is 0.275. The maximum atomic E-state index is 10.6. The summed E-state index contributed by atoms with van der Waals surface area (Å²) in [5.74, 6) is -1.09. The van der Waals surface area contributed by atoms with Gasteiger partial charge in [0.25, 0.3) is 0 Å². The summed E-state index contributed by atoms with van der Waals surface area (Å²) >= 11 is 0. The van der Waals surface area contributed by atoms with Crippen molar-refractivity contribution in [2.75, 3.05) is 13.1 Å². The smallest absolute Gasteiger partial charge is 0.323 e. The average Bonchev–Trinajstić information content (AvgIpc) is 2.39. The molecule has 20 heavy (non-hydrogen) atoms. The third kappa shape index (κ3) is 11.8. The van der Waals surface area contributed by atoms with Crippen LogP contribution in [0.15, 0.2) is 0 Å². The summed E-state index contributed by atoms with van der Waals surface area (Å²) in [5.41, 5.74) is 5.35. The van der Waals surface area contributed by atoms with Crippen molar-refractivity contribution in [3.05, 3.63) is 0 Å². The van der Waals surface area contributed by atoms with Crippen molar-refractivity contribution in [3.63, 3.8) is 0 Å². The highest BCUT2D eigenvalue weighted by Gasteiger charge is 2.09. The van der Waals surface area contributed by atoms with E-state index in [-0.39, 0.29) is 12.5 Å². The van der Waals surface area contributed by atoms with Gasteiger partial charge in [0.1, 0.15) is 6.54 Å². The molecule has 0 saturated heterocycles. The second-order valence-corrected chi connectivity index (χ2v) is 5.38. The lowest BCUT2D eigenvalue weighted by molar-refractivity contribution is -0.137. The number of carboxylic acids is 1. The number of hydrogen-bond acceptors (Lipinski definition) is 2. The summed E-state index contributed by atoms with van der Waals surface area (Å²) in [6.45, 7) is 2.62. The molecule has 0 amide bonds. The molecule has 0 fully saturated rings. The standard InChI is InChI=1S/C15H31N3O2/c1-2-3-4-5-6-7-8-9-10-11-12-18(15(16)17)13-14(19)20/h2-13H2,1H3,(H3,16,17)(H,19,20). The Bertz CT molecular complexity index is 270. The summed E-state index contributed by atoms with van der Waals surface area (Å²) in [6.07, 6.45) is 12.4. The second-order valence-electron chi connectivity index (χ2n) is 5.38. The largest absolute Gasteiger partial charge is 0.480 e. The first-order chi connectivity index (χ1) is 9.57. The Morgan fingerprint density at radius 2 is 1.45 bits per heavy atom. The highest BCUT2D eigenvalue weighted by atomic mass is 16.4. The molecule has 0 atom stereocenters. The van der Waals surface area contributed by atoms with Crippen LogP contribution in [-0.4, -0.2) is 35.0 Å². The Hall–Kier alpha value is -1.26. The van der Waals surface area contributed by atoms with Gasteiger partial charge in [0.05, 0.1) is 0 Å². The zero-order valence-electron chi connectivity index (χ0n) is 12.9. The van der Waals surface area contributed by atoms with E-state index < -0.39 is 5.97 Å². The minimum absolute atomic E-state index is 0.150. The molecular formula is C15H31N3O2. The van der Waals surface area contributed by atoms with Crippen LogP contribution >= 0.6 is 0 Å². The first-order valence-electron chi connectivity index (χ1n) is 7.88. The molecule has 4 N–H and O–H groups in total. The Morgan fingerprint density at radius 1 is 1.00 bits per heavy atom. The van der Waals surface area contributed by atoms with Gasteiger partial charge in [0.2, 0.25) is 0 Å². The monoisotopic (exact) mass is 285 g/mol. The molecule has 5 heteroatoms. The van der Waals surface area contributed by atoms with Gasteiger partial charge in [0, 0.05) is 6.54 Å². The van der Waals surface area contributed by atoms with Crippen LogP contribution in [0.2, 0.25) is 0 Å². The van der Waals surface area contributed by atoms with E-state index in [1.54, 1.807) is 0 Å². The molecule has 0 aliphatic heterocycles. The molecule has 0 aliphatic carbocycles. The molecule has 0 bridgehead atoms. The highest BCUT2D eigenvalue weighted by molar-refractivity contribution is 5.80. The topological polar surface area (TPSA) is 90.4 Å². The SMILES string of the molecule is CCCCCCCCCCCCN(CC(=O)O)C(=N)N. The number of unbranched alkanes of at least 4 members (excludes halogenated alkanes) is 9. The van der Waals surface area contributed by atoms with E-state index in [1.807, 2.05) is 0 Å². The van der Waals surface area contributed by atoms with Gasteiger partial charge in [-0.3, -0.25) is 10.2 Å². The molecule has 0 unspecified atom stereocenters. The molecule has 0 aliphatic rings. The third-order valence-electron chi connectivity index (χ3n) is 3.45. The fraction of sp³-hybridized carbons (Fsp3) is 0.867. The lowest BCUT2D eigenvalue weighted by Crippen LogP contribution is -2.40. The molecular weight excluding hydrogens is 254 g/mol. The lowest BCUT2D eigenvalue weighted by atomic mass is 10.1. The van der Waals surface area contributed by atoms with Crippen LogP contribution in [0.4, 0.5) is 0 Å².